The number of fused-ring (bicyclic) bond motifs is 7. The molecule has 0 radical (unpaired) electrons. The van der Waals surface area contributed by atoms with Crippen LogP contribution >= 0.6 is 0 Å². The van der Waals surface area contributed by atoms with Crippen LogP contribution in [-0.4, -0.2) is 149 Å². The third-order valence-electron chi connectivity index (χ3n) is 17.2. The molecule has 4 saturated carbocycles. The van der Waals surface area contributed by atoms with Crippen LogP contribution in [0.2, 0.25) is 0 Å². The van der Waals surface area contributed by atoms with Gasteiger partial charge in [0.05, 0.1) is 23.5 Å². The minimum atomic E-state index is -1.98. The molecule has 59 heavy (non-hydrogen) atoms. The lowest BCUT2D eigenvalue weighted by atomic mass is 9.33. The summed E-state index contributed by atoms with van der Waals surface area (Å²) < 4.78 is 22.9. The number of carbonyl (C=O) groups excluding carboxylic acids is 1. The molecule has 0 spiro atoms. The molecular formula is C42H64O17. The maximum atomic E-state index is 14.6. The molecule has 2 heterocycles. The highest BCUT2D eigenvalue weighted by Gasteiger charge is 2.73. The van der Waals surface area contributed by atoms with Crippen LogP contribution < -0.4 is 0 Å². The number of carboxylic acid groups (broad SMARTS) is 2. The molecule has 6 fully saturated rings. The van der Waals surface area contributed by atoms with E-state index in [0.717, 1.165) is 12.0 Å². The molecule has 0 aromatic rings. The second kappa shape index (κ2) is 14.9. The normalized spacial score (nSPS) is 53.1. The van der Waals surface area contributed by atoms with E-state index in [-0.39, 0.29) is 23.7 Å². The molecule has 7 aliphatic rings. The van der Waals surface area contributed by atoms with Crippen molar-refractivity contribution in [2.45, 2.75) is 173 Å². The molecule has 7 rings (SSSR count). The summed E-state index contributed by atoms with van der Waals surface area (Å²) in [5.74, 6) is -4.45. The molecule has 2 saturated heterocycles. The van der Waals surface area contributed by atoms with Gasteiger partial charge in [0.15, 0.2) is 12.4 Å². The fraction of sp³-hybridized carbons (Fsp3) is 0.881. The first kappa shape index (κ1) is 44.8. The van der Waals surface area contributed by atoms with Crippen molar-refractivity contribution in [3.05, 3.63) is 11.6 Å². The third kappa shape index (κ3) is 6.46. The summed E-state index contributed by atoms with van der Waals surface area (Å²) in [6, 6.07) is 0. The fourth-order valence-electron chi connectivity index (χ4n) is 13.6. The van der Waals surface area contributed by atoms with Gasteiger partial charge in [-0.05, 0) is 104 Å². The van der Waals surface area contributed by atoms with Gasteiger partial charge >= 0.3 is 17.9 Å². The van der Waals surface area contributed by atoms with Crippen LogP contribution in [0, 0.1) is 50.2 Å². The third-order valence-corrected chi connectivity index (χ3v) is 17.2. The number of allylic oxidation sites excluding steroid dienone is 2. The largest absolute Gasteiger partial charge is 0.481 e. The number of aliphatic hydroxyl groups excluding tert-OH is 8. The first-order valence-electron chi connectivity index (χ1n) is 21.1. The van der Waals surface area contributed by atoms with Crippen molar-refractivity contribution < 1.29 is 84.4 Å². The smallest absolute Gasteiger partial charge is 0.335 e. The Hall–Kier alpha value is -2.29. The van der Waals surface area contributed by atoms with Crippen molar-refractivity contribution in [3.63, 3.8) is 0 Å². The Morgan fingerprint density at radius 1 is 0.746 bits per heavy atom. The van der Waals surface area contributed by atoms with Crippen LogP contribution in [0.3, 0.4) is 0 Å². The van der Waals surface area contributed by atoms with Crippen LogP contribution in [0.15, 0.2) is 11.6 Å². The Kier molecular flexibility index (Phi) is 11.3. The van der Waals surface area contributed by atoms with Gasteiger partial charge < -0.3 is 70.0 Å². The summed E-state index contributed by atoms with van der Waals surface area (Å²) in [7, 11) is 0. The average Bonchev–Trinajstić information content (AvgIpc) is 3.16. The predicted molar refractivity (Wildman–Crippen MR) is 201 cm³/mol. The Morgan fingerprint density at radius 3 is 2.00 bits per heavy atom. The molecule has 0 amide bonds. The van der Waals surface area contributed by atoms with Gasteiger partial charge in [0.25, 0.3) is 0 Å². The van der Waals surface area contributed by atoms with Crippen LogP contribution in [0.5, 0.6) is 0 Å². The number of carbonyl (C=O) groups is 3. The monoisotopic (exact) mass is 840 g/mol. The van der Waals surface area contributed by atoms with Crippen LogP contribution in [0.25, 0.3) is 0 Å². The molecule has 334 valence electrons. The zero-order valence-electron chi connectivity index (χ0n) is 34.6. The highest BCUT2D eigenvalue weighted by atomic mass is 16.7. The summed E-state index contributed by atoms with van der Waals surface area (Å²) >= 11 is 0. The molecule has 0 aromatic heterocycles. The summed E-state index contributed by atoms with van der Waals surface area (Å²) in [6.45, 7) is 11.6. The summed E-state index contributed by atoms with van der Waals surface area (Å²) in [5.41, 5.74) is -3.48. The van der Waals surface area contributed by atoms with Gasteiger partial charge in [0.2, 0.25) is 6.29 Å². The molecule has 3 unspecified atom stereocenters. The second-order valence-corrected chi connectivity index (χ2v) is 20.6. The van der Waals surface area contributed by atoms with Crippen molar-refractivity contribution in [2.24, 2.45) is 50.2 Å². The quantitative estimate of drug-likeness (QED) is 0.0946. The number of rotatable bonds is 7. The van der Waals surface area contributed by atoms with Crippen molar-refractivity contribution in [3.8, 4) is 0 Å². The average molecular weight is 841 g/mol. The van der Waals surface area contributed by atoms with Gasteiger partial charge in [-0.15, -0.1) is 0 Å². The summed E-state index contributed by atoms with van der Waals surface area (Å²) in [6.07, 6.45) is -13.8. The number of aliphatic hydroxyl groups is 8. The van der Waals surface area contributed by atoms with E-state index in [1.807, 2.05) is 6.92 Å². The standard InChI is InChI=1S/C42H64O17/c1-37(2)11-13-42(36(55)59-33-28(49)25(46)24(45)21(17-43)56-33)14-12-39(4)18(19(42)15-37)7-8-22-38(3)16-20(44)31(41(6,35(53)54)23(38)9-10-40(22,39)5)58-34-29(50)26(47)27(48)30(57-34)32(51)52/h7,19-31,33-34,43-50H,8-17H2,1-6H3,(H,51,52)(H,53,54)/t19?,20-,21+,22?,23?,24+,25-,26-,27-,28+,29+,30-,31-,33-,34-,38+,39+,40+,41-,42-/m0/s1. The minimum absolute atomic E-state index is 0.104. The molecule has 5 aliphatic carbocycles. The Labute approximate surface area is 343 Å². The maximum Gasteiger partial charge on any atom is 0.335 e. The van der Waals surface area contributed by atoms with Crippen LogP contribution in [-0.2, 0) is 33.3 Å². The van der Waals surface area contributed by atoms with Crippen molar-refractivity contribution in [2.75, 3.05) is 6.61 Å². The second-order valence-electron chi connectivity index (χ2n) is 20.6. The van der Waals surface area contributed by atoms with Gasteiger partial charge in [-0.1, -0.05) is 46.3 Å². The van der Waals surface area contributed by atoms with Crippen molar-refractivity contribution in [1.29, 1.82) is 0 Å². The highest BCUT2D eigenvalue weighted by molar-refractivity contribution is 5.79. The molecule has 20 atom stereocenters. The topological polar surface area (TPSA) is 290 Å². The predicted octanol–water partition coefficient (Wildman–Crippen LogP) is 0.444. The lowest BCUT2D eigenvalue weighted by Crippen LogP contribution is -2.70. The van der Waals surface area contributed by atoms with Crippen LogP contribution in [0.4, 0.5) is 0 Å². The molecule has 0 aromatic carbocycles. The number of esters is 1. The van der Waals surface area contributed by atoms with E-state index < -0.39 is 131 Å². The Balaban J connectivity index is 1.21. The van der Waals surface area contributed by atoms with E-state index >= 15 is 0 Å². The zero-order valence-corrected chi connectivity index (χ0v) is 34.6. The lowest BCUT2D eigenvalue weighted by molar-refractivity contribution is -0.335. The molecule has 2 aliphatic heterocycles. The van der Waals surface area contributed by atoms with Crippen molar-refractivity contribution in [1.82, 2.24) is 0 Å². The van der Waals surface area contributed by atoms with Crippen LogP contribution in [0.1, 0.15) is 99.3 Å². The van der Waals surface area contributed by atoms with E-state index in [0.29, 0.717) is 44.9 Å². The lowest BCUT2D eigenvalue weighted by Gasteiger charge is -2.71. The number of hydrogen-bond acceptors (Lipinski definition) is 15. The SMILES string of the molecule is CC1(C)CC[C@]2(C(=O)O[C@@H]3O[C@H](CO)[C@@H](O)[C@H](O)[C@H]3O)CC[C@]3(C)C(=CCC4[C@@]5(C)C[C@H](O)[C@H](O[C@@H]6O[C@H](C(=O)O)[C@@H](O)[C@H](O)[C@H]6O)[C@@](C)(C(=O)O)C5CC[C@]43C)C2C1. The van der Waals surface area contributed by atoms with E-state index in [2.05, 4.69) is 33.8 Å². The van der Waals surface area contributed by atoms with Gasteiger partial charge in [0.1, 0.15) is 48.8 Å². The van der Waals surface area contributed by atoms with Gasteiger partial charge in [-0.25, -0.2) is 4.79 Å². The Morgan fingerprint density at radius 2 is 1.37 bits per heavy atom. The molecule has 17 nitrogen and oxygen atoms in total. The van der Waals surface area contributed by atoms with Gasteiger partial charge in [0, 0.05) is 0 Å². The van der Waals surface area contributed by atoms with Gasteiger partial charge in [-0.2, -0.15) is 0 Å². The van der Waals surface area contributed by atoms with E-state index in [4.69, 9.17) is 18.9 Å². The summed E-state index contributed by atoms with van der Waals surface area (Å²) in [5, 5.41) is 105. The number of carboxylic acids is 2. The van der Waals surface area contributed by atoms with E-state index in [9.17, 15) is 65.4 Å². The molecule has 17 heteroatoms. The van der Waals surface area contributed by atoms with Gasteiger partial charge in [-0.3, -0.25) is 9.59 Å². The zero-order chi connectivity index (χ0) is 43.6. The first-order chi connectivity index (χ1) is 27.3. The highest BCUT2D eigenvalue weighted by Crippen LogP contribution is 2.76. The maximum absolute atomic E-state index is 14.6. The molecule has 0 bridgehead atoms. The van der Waals surface area contributed by atoms with Crippen molar-refractivity contribution >= 4 is 17.9 Å². The molecular weight excluding hydrogens is 776 g/mol. The number of ether oxygens (including phenoxy) is 4. The minimum Gasteiger partial charge on any atom is -0.481 e. The Bertz CT molecular complexity index is 1700. The fourth-order valence-corrected chi connectivity index (χ4v) is 13.6. The number of aliphatic carboxylic acids is 2. The number of hydrogen-bond donors (Lipinski definition) is 10. The summed E-state index contributed by atoms with van der Waals surface area (Å²) in [4.78, 5) is 39.9. The molecule has 10 N–H and O–H groups in total. The first-order valence-corrected chi connectivity index (χ1v) is 21.1. The van der Waals surface area contributed by atoms with E-state index in [1.54, 1.807) is 0 Å². The van der Waals surface area contributed by atoms with E-state index in [1.165, 1.54) is 6.92 Å².